The molecule has 0 fully saturated rings. The molecule has 10 heavy (non-hydrogen) atoms. The number of nitrogens with zero attached hydrogens (tertiary/aromatic N) is 1. The van der Waals surface area contributed by atoms with E-state index in [9.17, 15) is 4.79 Å². The first-order valence-corrected chi connectivity index (χ1v) is 2.64. The van der Waals surface area contributed by atoms with Gasteiger partial charge in [-0.1, -0.05) is 5.92 Å². The first-order chi connectivity index (χ1) is 4.72. The van der Waals surface area contributed by atoms with Crippen molar-refractivity contribution in [2.75, 3.05) is 20.8 Å². The third-order valence-electron chi connectivity index (χ3n) is 0.834. The number of hydrogen-bond donors (Lipinski definition) is 1. The van der Waals surface area contributed by atoms with Gasteiger partial charge in [0.15, 0.2) is 0 Å². The third-order valence-corrected chi connectivity index (χ3v) is 0.834. The highest BCUT2D eigenvalue weighted by atomic mass is 16.7. The summed E-state index contributed by atoms with van der Waals surface area (Å²) in [7, 11) is 2.80. The molecule has 0 aliphatic carbocycles. The second kappa shape index (κ2) is 4.79. The van der Waals surface area contributed by atoms with E-state index in [0.29, 0.717) is 0 Å². The van der Waals surface area contributed by atoms with Gasteiger partial charge < -0.3 is 5.11 Å². The highest BCUT2D eigenvalue weighted by molar-refractivity contribution is 5.92. The van der Waals surface area contributed by atoms with Gasteiger partial charge in [-0.25, -0.2) is 5.06 Å². The molecule has 0 unspecified atom stereocenters. The SMILES string of the molecule is CON(C)C(=O)C#CCO. The van der Waals surface area contributed by atoms with Crippen molar-refractivity contribution in [3.05, 3.63) is 0 Å². The normalized spacial score (nSPS) is 7.90. The molecule has 0 atom stereocenters. The van der Waals surface area contributed by atoms with Crippen molar-refractivity contribution >= 4 is 5.91 Å². The molecule has 0 aromatic rings. The molecule has 0 saturated carbocycles. The first-order valence-electron chi connectivity index (χ1n) is 2.64. The van der Waals surface area contributed by atoms with Crippen molar-refractivity contribution < 1.29 is 14.7 Å². The summed E-state index contributed by atoms with van der Waals surface area (Å²) in [5, 5.41) is 9.16. The van der Waals surface area contributed by atoms with E-state index in [1.807, 2.05) is 0 Å². The molecular formula is C6H9NO3. The topological polar surface area (TPSA) is 49.8 Å². The van der Waals surface area contributed by atoms with Crippen LogP contribution in [0.5, 0.6) is 0 Å². The van der Waals surface area contributed by atoms with Gasteiger partial charge in [0.05, 0.1) is 7.11 Å². The van der Waals surface area contributed by atoms with E-state index in [1.54, 1.807) is 0 Å². The number of aliphatic hydroxyl groups is 1. The van der Waals surface area contributed by atoms with Crippen molar-refractivity contribution in [2.24, 2.45) is 0 Å². The largest absolute Gasteiger partial charge is 0.384 e. The Morgan fingerprint density at radius 3 is 2.80 bits per heavy atom. The second-order valence-electron chi connectivity index (χ2n) is 1.45. The average Bonchev–Trinajstić information content (AvgIpc) is 1.98. The van der Waals surface area contributed by atoms with E-state index in [2.05, 4.69) is 16.7 Å². The molecule has 1 amide bonds. The molecule has 4 nitrogen and oxygen atoms in total. The van der Waals surface area contributed by atoms with E-state index in [1.165, 1.54) is 14.2 Å². The van der Waals surface area contributed by atoms with Crippen LogP contribution in [0.1, 0.15) is 0 Å². The summed E-state index contributed by atoms with van der Waals surface area (Å²) in [6.07, 6.45) is 0. The van der Waals surface area contributed by atoms with Crippen molar-refractivity contribution in [3.8, 4) is 11.8 Å². The Morgan fingerprint density at radius 2 is 2.40 bits per heavy atom. The van der Waals surface area contributed by atoms with Crippen LogP contribution in [-0.2, 0) is 9.63 Å². The highest BCUT2D eigenvalue weighted by Gasteiger charge is 2.00. The Bertz CT molecular complexity index is 168. The average molecular weight is 143 g/mol. The minimum Gasteiger partial charge on any atom is -0.384 e. The summed E-state index contributed by atoms with van der Waals surface area (Å²) < 4.78 is 0. The zero-order valence-corrected chi connectivity index (χ0v) is 5.92. The van der Waals surface area contributed by atoms with Gasteiger partial charge in [-0.2, -0.15) is 0 Å². The van der Waals surface area contributed by atoms with Crippen LogP contribution >= 0.6 is 0 Å². The Labute approximate surface area is 59.3 Å². The molecule has 1 N–H and O–H groups in total. The van der Waals surface area contributed by atoms with Crippen LogP contribution in [-0.4, -0.2) is 36.8 Å². The lowest BCUT2D eigenvalue weighted by Gasteiger charge is -2.07. The molecule has 0 aliphatic heterocycles. The summed E-state index contributed by atoms with van der Waals surface area (Å²) >= 11 is 0. The molecule has 0 aromatic carbocycles. The van der Waals surface area contributed by atoms with Crippen LogP contribution in [0.2, 0.25) is 0 Å². The van der Waals surface area contributed by atoms with E-state index in [4.69, 9.17) is 5.11 Å². The van der Waals surface area contributed by atoms with E-state index in [-0.39, 0.29) is 6.61 Å². The molecule has 0 aromatic heterocycles. The molecule has 0 bridgehead atoms. The summed E-state index contributed by atoms with van der Waals surface area (Å²) in [5.74, 6) is 3.87. The first kappa shape index (κ1) is 8.95. The molecule has 0 heterocycles. The van der Waals surface area contributed by atoms with Gasteiger partial charge in [-0.15, -0.1) is 0 Å². The Hall–Kier alpha value is -1.05. The van der Waals surface area contributed by atoms with Crippen molar-refractivity contribution in [1.82, 2.24) is 5.06 Å². The lowest BCUT2D eigenvalue weighted by molar-refractivity contribution is -0.161. The van der Waals surface area contributed by atoms with Crippen LogP contribution in [0.4, 0.5) is 0 Å². The predicted octanol–water partition coefficient (Wildman–Crippen LogP) is -0.998. The number of rotatable bonds is 1. The molecule has 56 valence electrons. The number of carbonyl (C=O) groups is 1. The zero-order chi connectivity index (χ0) is 7.98. The number of carbonyl (C=O) groups excluding carboxylic acids is 1. The number of amides is 1. The van der Waals surface area contributed by atoms with Gasteiger partial charge >= 0.3 is 5.91 Å². The van der Waals surface area contributed by atoms with E-state index in [0.717, 1.165) is 5.06 Å². The van der Waals surface area contributed by atoms with Gasteiger partial charge in [0, 0.05) is 7.05 Å². The fourth-order valence-electron chi connectivity index (χ4n) is 0.277. The lowest BCUT2D eigenvalue weighted by atomic mass is 10.5. The molecule has 0 aliphatic rings. The second-order valence-corrected chi connectivity index (χ2v) is 1.45. The summed E-state index contributed by atoms with van der Waals surface area (Å²) in [4.78, 5) is 15.2. The van der Waals surface area contributed by atoms with Gasteiger partial charge in [0.2, 0.25) is 0 Å². The Morgan fingerprint density at radius 1 is 1.80 bits per heavy atom. The minimum atomic E-state index is -0.475. The minimum absolute atomic E-state index is 0.316. The number of hydroxylamine groups is 2. The number of aliphatic hydroxyl groups excluding tert-OH is 1. The molecule has 4 heteroatoms. The standard InChI is InChI=1S/C6H9NO3/c1-7(10-2)6(9)4-3-5-8/h8H,5H2,1-2H3. The van der Waals surface area contributed by atoms with E-state index < -0.39 is 5.91 Å². The summed E-state index contributed by atoms with van der Waals surface area (Å²) in [5.41, 5.74) is 0. The Kier molecular flexibility index (Phi) is 4.29. The highest BCUT2D eigenvalue weighted by Crippen LogP contribution is 1.80. The van der Waals surface area contributed by atoms with Crippen molar-refractivity contribution in [3.63, 3.8) is 0 Å². The maximum absolute atomic E-state index is 10.6. The monoisotopic (exact) mass is 143 g/mol. The van der Waals surface area contributed by atoms with Gasteiger partial charge in [0.1, 0.15) is 6.61 Å². The molecule has 0 radical (unpaired) electrons. The summed E-state index contributed by atoms with van der Waals surface area (Å²) in [6, 6.07) is 0. The summed E-state index contributed by atoms with van der Waals surface area (Å²) in [6.45, 7) is -0.316. The van der Waals surface area contributed by atoms with Gasteiger partial charge in [0.25, 0.3) is 0 Å². The van der Waals surface area contributed by atoms with E-state index >= 15 is 0 Å². The van der Waals surface area contributed by atoms with Crippen molar-refractivity contribution in [1.29, 1.82) is 0 Å². The maximum atomic E-state index is 10.6. The zero-order valence-electron chi connectivity index (χ0n) is 5.92. The van der Waals surface area contributed by atoms with Crippen LogP contribution in [0.15, 0.2) is 0 Å². The fourth-order valence-corrected chi connectivity index (χ4v) is 0.277. The predicted molar refractivity (Wildman–Crippen MR) is 34.6 cm³/mol. The van der Waals surface area contributed by atoms with Crippen LogP contribution in [0.3, 0.4) is 0 Å². The maximum Gasteiger partial charge on any atom is 0.321 e. The van der Waals surface area contributed by atoms with Gasteiger partial charge in [-0.05, 0) is 5.92 Å². The fraction of sp³-hybridized carbons (Fsp3) is 0.500. The van der Waals surface area contributed by atoms with Crippen molar-refractivity contribution in [2.45, 2.75) is 0 Å². The quantitative estimate of drug-likeness (QED) is 0.378. The Balaban J connectivity index is 3.84. The lowest BCUT2D eigenvalue weighted by Crippen LogP contribution is -2.23. The van der Waals surface area contributed by atoms with Crippen LogP contribution in [0.25, 0.3) is 0 Å². The molecule has 0 spiro atoms. The molecular weight excluding hydrogens is 134 g/mol. The molecule has 0 saturated heterocycles. The molecule has 0 rings (SSSR count). The number of hydrogen-bond acceptors (Lipinski definition) is 3. The third kappa shape index (κ3) is 3.07. The van der Waals surface area contributed by atoms with Crippen LogP contribution < -0.4 is 0 Å². The van der Waals surface area contributed by atoms with Gasteiger partial charge in [-0.3, -0.25) is 9.63 Å². The van der Waals surface area contributed by atoms with Crippen LogP contribution in [0, 0.1) is 11.8 Å². The smallest absolute Gasteiger partial charge is 0.321 e.